The van der Waals surface area contributed by atoms with Crippen molar-refractivity contribution in [1.82, 2.24) is 0 Å². The maximum atomic E-state index is 11.7. The van der Waals surface area contributed by atoms with Gasteiger partial charge in [0.15, 0.2) is 4.88 Å². The Balaban J connectivity index is 2.64. The lowest BCUT2D eigenvalue weighted by atomic mass is 10.3. The fraction of sp³-hybridized carbons (Fsp3) is 0.571. The van der Waals surface area contributed by atoms with Crippen LogP contribution < -0.4 is 0 Å². The van der Waals surface area contributed by atoms with Crippen LogP contribution in [0.1, 0.15) is 37.3 Å². The second kappa shape index (κ2) is 7.94. The lowest BCUT2D eigenvalue weighted by molar-refractivity contribution is -0.143. The number of carbonyl (C=O) groups is 2. The van der Waals surface area contributed by atoms with Crippen LogP contribution >= 0.6 is 10.5 Å². The number of hydrogen-bond acceptors (Lipinski definition) is 4. The molecular weight excluding hydrogens is 264 g/mol. The first kappa shape index (κ1) is 15.7. The fourth-order valence-corrected chi connectivity index (χ4v) is 3.73. The molecule has 0 aliphatic heterocycles. The van der Waals surface area contributed by atoms with E-state index < -0.39 is 0 Å². The van der Waals surface area contributed by atoms with Gasteiger partial charge in [0.05, 0.1) is 19.6 Å². The molecule has 0 radical (unpaired) electrons. The largest absolute Gasteiger partial charge is 0.466 e. The maximum Gasteiger partial charge on any atom is 0.364 e. The minimum Gasteiger partial charge on any atom is -0.466 e. The molecule has 4 nitrogen and oxygen atoms in total. The van der Waals surface area contributed by atoms with Crippen LogP contribution in [0.15, 0.2) is 17.5 Å². The molecule has 0 aromatic carbocycles. The second-order valence-electron chi connectivity index (χ2n) is 4.03. The summed E-state index contributed by atoms with van der Waals surface area (Å²) in [6.07, 6.45) is 0.999. The Morgan fingerprint density at radius 1 is 1.26 bits per heavy atom. The highest BCUT2D eigenvalue weighted by molar-refractivity contribution is 7.32. The number of thiophene rings is 1. The number of hydrogen-bond donors (Lipinski definition) is 0. The zero-order chi connectivity index (χ0) is 14.3. The molecule has 0 saturated heterocycles. The average Bonchev–Trinajstić information content (AvgIpc) is 2.84. The van der Waals surface area contributed by atoms with Gasteiger partial charge in [0.1, 0.15) is 5.38 Å². The van der Waals surface area contributed by atoms with Crippen molar-refractivity contribution in [2.75, 3.05) is 13.2 Å². The Labute approximate surface area is 116 Å². The van der Waals surface area contributed by atoms with Gasteiger partial charge >= 0.3 is 11.9 Å². The van der Waals surface area contributed by atoms with Crippen LogP contribution in [0.3, 0.4) is 0 Å². The molecule has 1 aromatic heterocycles. The van der Waals surface area contributed by atoms with Crippen LogP contribution in [-0.4, -0.2) is 25.2 Å². The van der Waals surface area contributed by atoms with Crippen LogP contribution in [0.4, 0.5) is 0 Å². The summed E-state index contributed by atoms with van der Waals surface area (Å²) in [6, 6.07) is 3.93. The van der Waals surface area contributed by atoms with Gasteiger partial charge in [-0.1, -0.05) is 0 Å². The molecule has 2 unspecified atom stereocenters. The van der Waals surface area contributed by atoms with Crippen LogP contribution in [0.5, 0.6) is 0 Å². The first-order chi connectivity index (χ1) is 9.10. The molecule has 19 heavy (non-hydrogen) atoms. The van der Waals surface area contributed by atoms with Crippen molar-refractivity contribution in [2.45, 2.75) is 38.9 Å². The number of ether oxygens (including phenoxy) is 2. The molecule has 5 heteroatoms. The maximum absolute atomic E-state index is 11.7. The van der Waals surface area contributed by atoms with E-state index >= 15 is 0 Å². The topological polar surface area (TPSA) is 52.6 Å². The highest BCUT2D eigenvalue weighted by Gasteiger charge is 2.28. The lowest BCUT2D eigenvalue weighted by Crippen LogP contribution is -2.10. The highest BCUT2D eigenvalue weighted by atomic mass is 32.2. The Morgan fingerprint density at radius 3 is 2.58 bits per heavy atom. The monoisotopic (exact) mass is 285 g/mol. The molecule has 1 aromatic rings. The first-order valence-electron chi connectivity index (χ1n) is 6.51. The molecule has 0 aliphatic carbocycles. The van der Waals surface area contributed by atoms with Gasteiger partial charge in [-0.2, -0.15) is 0 Å². The number of aryl methyl sites for hydroxylation is 1. The van der Waals surface area contributed by atoms with Gasteiger partial charge in [-0.15, -0.1) is 0 Å². The molecule has 0 fully saturated rings. The molecule has 1 heterocycles. The van der Waals surface area contributed by atoms with E-state index in [4.69, 9.17) is 9.47 Å². The Bertz CT molecular complexity index is 425. The van der Waals surface area contributed by atoms with Gasteiger partial charge in [0.25, 0.3) is 0 Å². The molecular formula is C14H21O4S+. The number of carbonyl (C=O) groups excluding carboxylic acids is 2. The zero-order valence-corrected chi connectivity index (χ0v) is 12.5. The van der Waals surface area contributed by atoms with Crippen molar-refractivity contribution in [3.8, 4) is 0 Å². The molecule has 0 amide bonds. The summed E-state index contributed by atoms with van der Waals surface area (Å²) in [4.78, 5) is 24.2. The van der Waals surface area contributed by atoms with Crippen LogP contribution in [0.25, 0.3) is 0 Å². The van der Waals surface area contributed by atoms with E-state index in [0.717, 1.165) is 4.88 Å². The third kappa shape index (κ3) is 4.67. The highest BCUT2D eigenvalue weighted by Crippen LogP contribution is 2.36. The van der Waals surface area contributed by atoms with Gasteiger partial charge in [0, 0.05) is 6.42 Å². The van der Waals surface area contributed by atoms with Gasteiger partial charge in [-0.3, -0.25) is 4.79 Å². The van der Waals surface area contributed by atoms with Crippen molar-refractivity contribution in [3.63, 3.8) is 0 Å². The normalized spacial score (nSPS) is 12.9. The third-order valence-corrected chi connectivity index (χ3v) is 5.04. The second-order valence-corrected chi connectivity index (χ2v) is 6.28. The number of esters is 2. The summed E-state index contributed by atoms with van der Waals surface area (Å²) in [7, 11) is -0.264. The standard InChI is InChI=1S/C14H21O4S/c1-4-17-13(15)9-8-12-7-6-10-19(12)11(3)14(16)18-5-2/h6-7,10-11H,4-5,8-9H2,1-3H3/q+1. The van der Waals surface area contributed by atoms with E-state index in [9.17, 15) is 9.59 Å². The van der Waals surface area contributed by atoms with E-state index in [0.29, 0.717) is 26.1 Å². The van der Waals surface area contributed by atoms with Crippen molar-refractivity contribution in [1.29, 1.82) is 0 Å². The van der Waals surface area contributed by atoms with Crippen LogP contribution in [-0.2, 0) is 25.5 Å². The summed E-state index contributed by atoms with van der Waals surface area (Å²) in [5, 5.41) is 1.83. The Hall–Kier alpha value is -1.36. The summed E-state index contributed by atoms with van der Waals surface area (Å²) in [5.41, 5.74) is 0. The minimum absolute atomic E-state index is 0.181. The molecule has 1 rings (SSSR count). The smallest absolute Gasteiger partial charge is 0.364 e. The quantitative estimate of drug-likeness (QED) is 0.571. The first-order valence-corrected chi connectivity index (χ1v) is 7.86. The Kier molecular flexibility index (Phi) is 6.56. The predicted molar refractivity (Wildman–Crippen MR) is 75.2 cm³/mol. The van der Waals surface area contributed by atoms with E-state index in [1.54, 1.807) is 13.8 Å². The van der Waals surface area contributed by atoms with Gasteiger partial charge in [-0.05, 0) is 43.4 Å². The molecule has 2 atom stereocenters. The van der Waals surface area contributed by atoms with E-state index in [1.165, 1.54) is 0 Å². The molecule has 0 spiro atoms. The van der Waals surface area contributed by atoms with Crippen molar-refractivity contribution >= 4 is 22.4 Å². The van der Waals surface area contributed by atoms with Crippen molar-refractivity contribution < 1.29 is 19.1 Å². The SMILES string of the molecule is CCOC(=O)CCc1ccc[s+]1C(C)C(=O)OCC. The summed E-state index contributed by atoms with van der Waals surface area (Å²) < 4.78 is 9.95. The van der Waals surface area contributed by atoms with Gasteiger partial charge in [-0.25, -0.2) is 4.79 Å². The molecule has 0 N–H and O–H groups in total. The minimum atomic E-state index is -0.264. The number of rotatable bonds is 7. The van der Waals surface area contributed by atoms with Crippen molar-refractivity contribution in [3.05, 3.63) is 22.4 Å². The summed E-state index contributed by atoms with van der Waals surface area (Å²) in [5.74, 6) is -0.373. The third-order valence-electron chi connectivity index (χ3n) is 2.69. The summed E-state index contributed by atoms with van der Waals surface area (Å²) >= 11 is 0. The lowest BCUT2D eigenvalue weighted by Gasteiger charge is -2.05. The molecule has 106 valence electrons. The fourth-order valence-electron chi connectivity index (χ4n) is 1.77. The summed E-state index contributed by atoms with van der Waals surface area (Å²) in [6.45, 7) is 6.26. The molecule has 0 saturated carbocycles. The zero-order valence-electron chi connectivity index (χ0n) is 11.7. The predicted octanol–water partition coefficient (Wildman–Crippen LogP) is 3.06. The van der Waals surface area contributed by atoms with Gasteiger partial charge < -0.3 is 9.47 Å². The van der Waals surface area contributed by atoms with Crippen LogP contribution in [0, 0.1) is 0 Å². The van der Waals surface area contributed by atoms with Crippen molar-refractivity contribution in [2.24, 2.45) is 0 Å². The Morgan fingerprint density at radius 2 is 1.95 bits per heavy atom. The van der Waals surface area contributed by atoms with E-state index in [1.807, 2.05) is 24.4 Å². The molecule has 0 aliphatic rings. The average molecular weight is 285 g/mol. The van der Waals surface area contributed by atoms with Crippen LogP contribution in [0.2, 0.25) is 0 Å². The van der Waals surface area contributed by atoms with Gasteiger partial charge in [0.2, 0.25) is 5.25 Å². The van der Waals surface area contributed by atoms with E-state index in [2.05, 4.69) is 0 Å². The van der Waals surface area contributed by atoms with E-state index in [-0.39, 0.29) is 27.7 Å². The molecule has 0 bridgehead atoms.